The summed E-state index contributed by atoms with van der Waals surface area (Å²) >= 11 is 0. The molecule has 0 aliphatic heterocycles. The summed E-state index contributed by atoms with van der Waals surface area (Å²) in [5.41, 5.74) is 5.45. The monoisotopic (exact) mass is 927 g/mol. The van der Waals surface area contributed by atoms with Gasteiger partial charge in [0.1, 0.15) is 0 Å². The Kier molecular flexibility index (Phi) is 9.44. The fourth-order valence-corrected chi connectivity index (χ4v) is 20.8. The fourth-order valence-electron chi connectivity index (χ4n) is 11.5. The number of benzene rings is 11. The van der Waals surface area contributed by atoms with Gasteiger partial charge in [-0.15, -0.1) is 0 Å². The van der Waals surface area contributed by atoms with Gasteiger partial charge in [0.05, 0.1) is 26.2 Å². The molecule has 0 saturated carbocycles. The van der Waals surface area contributed by atoms with Gasteiger partial charge in [0, 0.05) is 32.9 Å². The molecule has 2 heterocycles. The second-order valence-corrected chi connectivity index (χ2v) is 25.5. The second-order valence-electron chi connectivity index (χ2n) is 18.1. The van der Waals surface area contributed by atoms with Gasteiger partial charge in [-0.05, 0) is 83.9 Å². The number of para-hydroxylation sites is 3. The average molecular weight is 928 g/mol. The van der Waals surface area contributed by atoms with E-state index in [-0.39, 0.29) is 18.1 Å². The van der Waals surface area contributed by atoms with Gasteiger partial charge < -0.3 is 9.13 Å². The van der Waals surface area contributed by atoms with Crippen LogP contribution in [-0.2, 0) is 0 Å². The lowest BCUT2D eigenvalue weighted by Gasteiger charge is -2.38. The van der Waals surface area contributed by atoms with Crippen molar-refractivity contribution >= 4 is 101 Å². The van der Waals surface area contributed by atoms with Crippen LogP contribution in [0.15, 0.2) is 291 Å². The van der Waals surface area contributed by atoms with Crippen LogP contribution in [0.5, 0.6) is 0 Å². The van der Waals surface area contributed by atoms with E-state index in [0.29, 0.717) is 16.1 Å². The van der Waals surface area contributed by atoms with Gasteiger partial charge in [0.2, 0.25) is 0 Å². The lowest BCUT2D eigenvalue weighted by atomic mass is 10.1. The fraction of sp³-hybridized carbons (Fsp3) is 0. The highest BCUT2D eigenvalue weighted by atomic mass is 28.3. The normalized spacial score (nSPS) is 12.6. The molecule has 2 nitrogen and oxygen atoms in total. The zero-order valence-corrected chi connectivity index (χ0v) is 40.4. The molecule has 0 aliphatic carbocycles. The maximum absolute atomic E-state index is 11.4. The van der Waals surface area contributed by atoms with E-state index in [1.54, 1.807) is 0 Å². The summed E-state index contributed by atoms with van der Waals surface area (Å²) < 4.78 is 38.8. The molecule has 0 spiro atoms. The minimum absolute atomic E-state index is 0.186. The van der Waals surface area contributed by atoms with Crippen LogP contribution in [0, 0.1) is 0 Å². The van der Waals surface area contributed by atoms with Crippen molar-refractivity contribution in [1.29, 1.82) is 0 Å². The lowest BCUT2D eigenvalue weighted by Crippen LogP contribution is -2.78. The number of rotatable bonds is 10. The predicted octanol–water partition coefficient (Wildman–Crippen LogP) is 10.6. The SMILES string of the molecule is [2H]c1c(-n2c3ccccc3c3ccc4c(c5ccccc5n4-c4ccccc4)c32)c([2H])c([Si](c2ccccc2)(c2ccccc2)c2ccccc2)c([2H])c1[Si](c1ccccc1)(c1ccccc1)c1ccccc1. The molecule has 0 aliphatic rings. The highest BCUT2D eigenvalue weighted by Gasteiger charge is 2.46. The van der Waals surface area contributed by atoms with Gasteiger partial charge in [-0.3, -0.25) is 0 Å². The molecule has 0 unspecified atom stereocenters. The van der Waals surface area contributed by atoms with Gasteiger partial charge in [-0.1, -0.05) is 249 Å². The van der Waals surface area contributed by atoms with E-state index in [4.69, 9.17) is 0 Å². The zero-order chi connectivity index (χ0) is 49.1. The summed E-state index contributed by atoms with van der Waals surface area (Å²) in [7, 11) is -7.39. The van der Waals surface area contributed by atoms with E-state index in [2.05, 4.69) is 282 Å². The molecule has 0 radical (unpaired) electrons. The molecule has 4 heteroatoms. The van der Waals surface area contributed by atoms with Crippen LogP contribution in [0.4, 0.5) is 0 Å². The molecule has 330 valence electrons. The van der Waals surface area contributed by atoms with E-state index in [1.807, 2.05) is 0 Å². The average Bonchev–Trinajstić information content (AvgIpc) is 3.98. The molecule has 13 aromatic rings. The van der Waals surface area contributed by atoms with Crippen molar-refractivity contribution in [2.75, 3.05) is 0 Å². The van der Waals surface area contributed by atoms with E-state index < -0.39 is 16.1 Å². The molecule has 0 bridgehead atoms. The Morgan fingerprint density at radius 3 is 1.00 bits per heavy atom. The molecule has 11 aromatic carbocycles. The Balaban J connectivity index is 1.33. The Morgan fingerprint density at radius 2 is 0.586 bits per heavy atom. The molecule has 13 rings (SSSR count). The van der Waals surface area contributed by atoms with Crippen LogP contribution in [-0.4, -0.2) is 25.3 Å². The molecular formula is C66H48N2Si2. The van der Waals surface area contributed by atoms with Crippen LogP contribution < -0.4 is 41.5 Å². The Morgan fingerprint density at radius 1 is 0.243 bits per heavy atom. The van der Waals surface area contributed by atoms with Crippen molar-refractivity contribution in [3.63, 3.8) is 0 Å². The molecule has 0 N–H and O–H groups in total. The van der Waals surface area contributed by atoms with Crippen LogP contribution >= 0.6 is 0 Å². The topological polar surface area (TPSA) is 9.86 Å². The Labute approximate surface area is 414 Å². The van der Waals surface area contributed by atoms with Crippen LogP contribution in [0.3, 0.4) is 0 Å². The largest absolute Gasteiger partial charge is 0.309 e. The predicted molar refractivity (Wildman–Crippen MR) is 302 cm³/mol. The highest BCUT2D eigenvalue weighted by Crippen LogP contribution is 2.42. The molecule has 0 fully saturated rings. The Bertz CT molecular complexity index is 3800. The van der Waals surface area contributed by atoms with Crippen molar-refractivity contribution in [2.45, 2.75) is 0 Å². The van der Waals surface area contributed by atoms with E-state index in [9.17, 15) is 4.11 Å². The highest BCUT2D eigenvalue weighted by molar-refractivity contribution is 7.22. The van der Waals surface area contributed by atoms with E-state index >= 15 is 0 Å². The molecule has 70 heavy (non-hydrogen) atoms. The zero-order valence-electron chi connectivity index (χ0n) is 41.4. The van der Waals surface area contributed by atoms with E-state index in [1.165, 1.54) is 0 Å². The number of hydrogen-bond donors (Lipinski definition) is 0. The van der Waals surface area contributed by atoms with Crippen LogP contribution in [0.25, 0.3) is 55.0 Å². The quantitative estimate of drug-likeness (QED) is 0.0956. The lowest BCUT2D eigenvalue weighted by molar-refractivity contribution is 1.18. The minimum atomic E-state index is -3.69. The van der Waals surface area contributed by atoms with Crippen LogP contribution in [0.1, 0.15) is 4.11 Å². The third-order valence-electron chi connectivity index (χ3n) is 14.4. The molecule has 0 saturated heterocycles. The van der Waals surface area contributed by atoms with Crippen molar-refractivity contribution in [3.8, 4) is 11.4 Å². The number of fused-ring (bicyclic) bond motifs is 7. The van der Waals surface area contributed by atoms with Crippen molar-refractivity contribution < 1.29 is 4.11 Å². The summed E-state index contributed by atoms with van der Waals surface area (Å²) in [5, 5.41) is 11.9. The van der Waals surface area contributed by atoms with Gasteiger partial charge in [-0.2, -0.15) is 0 Å². The second kappa shape index (κ2) is 17.2. The number of nitrogens with zero attached hydrogens (tertiary/aromatic N) is 2. The molecule has 0 amide bonds. The summed E-state index contributed by atoms with van der Waals surface area (Å²) in [6, 6.07) is 96.7. The van der Waals surface area contributed by atoms with Gasteiger partial charge in [-0.25, -0.2) is 0 Å². The first kappa shape index (κ1) is 38.4. The Hall–Kier alpha value is -8.55. The van der Waals surface area contributed by atoms with Gasteiger partial charge >= 0.3 is 0 Å². The van der Waals surface area contributed by atoms with Crippen molar-refractivity contribution in [2.24, 2.45) is 0 Å². The van der Waals surface area contributed by atoms with Crippen molar-refractivity contribution in [1.82, 2.24) is 9.13 Å². The first-order valence-corrected chi connectivity index (χ1v) is 28.0. The third kappa shape index (κ3) is 6.38. The standard InChI is InChI=1S/C66H48N2Si2/c1-8-26-49(27-9-1)67-63-43-25-23-41-61(63)65-64(67)45-44-60-59-40-22-24-42-62(59)68(66(60)65)50-46-57(69(51-28-10-2-11-29-51,52-30-12-3-13-31-52)53-32-14-4-15-33-53)48-58(47-50)70(54-34-16-5-17-35-54,55-36-18-6-19-37-55)56-38-20-7-21-39-56/h1-48H/i46D,47D,48D. The van der Waals surface area contributed by atoms with Crippen LogP contribution in [0.2, 0.25) is 0 Å². The first-order valence-electron chi connectivity index (χ1n) is 25.5. The summed E-state index contributed by atoms with van der Waals surface area (Å²) in [6.45, 7) is 0. The third-order valence-corrected chi connectivity index (χ3v) is 23.6. The summed E-state index contributed by atoms with van der Waals surface area (Å²) in [6.07, 6.45) is 0. The number of aromatic nitrogens is 2. The molecular weight excluding hydrogens is 877 g/mol. The van der Waals surface area contributed by atoms with Gasteiger partial charge in [0.25, 0.3) is 0 Å². The molecule has 0 atom stereocenters. The minimum Gasteiger partial charge on any atom is -0.309 e. The molecule has 2 aromatic heterocycles. The summed E-state index contributed by atoms with van der Waals surface area (Å²) in [5.74, 6) is 0. The first-order chi connectivity index (χ1) is 36.0. The van der Waals surface area contributed by atoms with E-state index in [0.717, 1.165) is 80.4 Å². The number of hydrogen-bond acceptors (Lipinski definition) is 0. The van der Waals surface area contributed by atoms with Gasteiger partial charge in [0.15, 0.2) is 16.1 Å². The summed E-state index contributed by atoms with van der Waals surface area (Å²) in [4.78, 5) is 0. The maximum atomic E-state index is 11.4. The van der Waals surface area contributed by atoms with Crippen molar-refractivity contribution in [3.05, 3.63) is 291 Å². The maximum Gasteiger partial charge on any atom is 0.179 e. The smallest absolute Gasteiger partial charge is 0.179 e.